The quantitative estimate of drug-likeness (QED) is 0.395. The minimum Gasteiger partial charge on any atom is -0.496 e. The van der Waals surface area contributed by atoms with Crippen LogP contribution in [0.2, 0.25) is 5.02 Å². The predicted molar refractivity (Wildman–Crippen MR) is 137 cm³/mol. The molecule has 3 aromatic rings. The minimum atomic E-state index is 0.163. The van der Waals surface area contributed by atoms with E-state index in [-0.39, 0.29) is 6.17 Å². The van der Waals surface area contributed by atoms with Crippen molar-refractivity contribution in [3.63, 3.8) is 0 Å². The van der Waals surface area contributed by atoms with Gasteiger partial charge < -0.3 is 14.2 Å². The smallest absolute Gasteiger partial charge is 0.123 e. The topological polar surface area (TPSA) is 34.2 Å². The molecule has 0 aliphatic carbocycles. The van der Waals surface area contributed by atoms with Crippen molar-refractivity contribution in [1.82, 2.24) is 9.80 Å². The van der Waals surface area contributed by atoms with Gasteiger partial charge in [-0.15, -0.1) is 0 Å². The third-order valence-corrected chi connectivity index (χ3v) is 6.75. The Hall–Kier alpha value is -2.73. The normalized spacial score (nSPS) is 15.3. The number of rotatable bonds is 9. The first-order valence-electron chi connectivity index (χ1n) is 11.7. The van der Waals surface area contributed by atoms with Crippen molar-refractivity contribution < 1.29 is 14.2 Å². The Labute approximate surface area is 207 Å². The summed E-state index contributed by atoms with van der Waals surface area (Å²) in [7, 11) is 5.18. The number of methoxy groups -OCH3 is 3. The molecule has 0 bridgehead atoms. The fourth-order valence-corrected chi connectivity index (χ4v) is 5.04. The number of nitrogens with zero attached hydrogens (tertiary/aromatic N) is 2. The summed E-state index contributed by atoms with van der Waals surface area (Å²) in [5.41, 5.74) is 3.48. The van der Waals surface area contributed by atoms with Crippen LogP contribution in [0.3, 0.4) is 0 Å². The van der Waals surface area contributed by atoms with Gasteiger partial charge in [-0.05, 0) is 42.3 Å². The molecule has 3 aromatic carbocycles. The summed E-state index contributed by atoms with van der Waals surface area (Å²) in [4.78, 5) is 5.08. The molecular formula is C28H33ClN2O3. The van der Waals surface area contributed by atoms with Crippen LogP contribution in [0.15, 0.2) is 66.7 Å². The van der Waals surface area contributed by atoms with E-state index in [1.54, 1.807) is 21.3 Å². The highest BCUT2D eigenvalue weighted by molar-refractivity contribution is 6.30. The van der Waals surface area contributed by atoms with Crippen LogP contribution in [0.4, 0.5) is 0 Å². The summed E-state index contributed by atoms with van der Waals surface area (Å²) >= 11 is 6.39. The third-order valence-electron chi connectivity index (χ3n) is 6.51. The van der Waals surface area contributed by atoms with Gasteiger partial charge in [-0.3, -0.25) is 9.80 Å². The average Bonchev–Trinajstić information content (AvgIpc) is 2.86. The van der Waals surface area contributed by atoms with E-state index < -0.39 is 0 Å². The maximum atomic E-state index is 6.39. The van der Waals surface area contributed by atoms with Crippen LogP contribution in [0.25, 0.3) is 0 Å². The molecule has 0 radical (unpaired) electrons. The lowest BCUT2D eigenvalue weighted by Gasteiger charge is -2.44. The molecule has 180 valence electrons. The van der Waals surface area contributed by atoms with Gasteiger partial charge in [0.15, 0.2) is 0 Å². The lowest BCUT2D eigenvalue weighted by molar-refractivity contribution is -0.00766. The predicted octanol–water partition coefficient (Wildman–Crippen LogP) is 5.64. The maximum Gasteiger partial charge on any atom is 0.123 e. The molecule has 1 saturated heterocycles. The van der Waals surface area contributed by atoms with Crippen LogP contribution < -0.4 is 14.2 Å². The van der Waals surface area contributed by atoms with E-state index in [9.17, 15) is 0 Å². The van der Waals surface area contributed by atoms with E-state index in [1.165, 1.54) is 11.1 Å². The largest absolute Gasteiger partial charge is 0.496 e. The third kappa shape index (κ3) is 5.66. The van der Waals surface area contributed by atoms with Gasteiger partial charge in [-0.1, -0.05) is 48.0 Å². The molecule has 0 amide bonds. The van der Waals surface area contributed by atoms with Crippen LogP contribution in [-0.2, 0) is 19.5 Å². The Balaban J connectivity index is 1.67. The highest BCUT2D eigenvalue weighted by Crippen LogP contribution is 2.31. The molecule has 1 fully saturated rings. The summed E-state index contributed by atoms with van der Waals surface area (Å²) < 4.78 is 17.0. The van der Waals surface area contributed by atoms with E-state index in [4.69, 9.17) is 25.8 Å². The fourth-order valence-electron chi connectivity index (χ4n) is 4.84. The highest BCUT2D eigenvalue weighted by atomic mass is 35.5. The fraction of sp³-hybridized carbons (Fsp3) is 0.357. The van der Waals surface area contributed by atoms with E-state index >= 15 is 0 Å². The standard InChI is InChI=1S/C28H33ClN2O3/c1-32-25-11-6-4-9-21(25)19-30-15-8-16-31(20-22-10-5-7-12-26(22)33-2)28(30)18-23-17-24(29)13-14-27(23)34-3/h4-7,9-14,17,28H,8,15-16,18-20H2,1-3H3. The number of ether oxygens (including phenoxy) is 3. The van der Waals surface area contributed by atoms with E-state index in [1.807, 2.05) is 42.5 Å². The molecule has 1 heterocycles. The van der Waals surface area contributed by atoms with Crippen LogP contribution >= 0.6 is 11.6 Å². The molecule has 0 atom stereocenters. The van der Waals surface area contributed by atoms with E-state index in [0.29, 0.717) is 0 Å². The van der Waals surface area contributed by atoms with Crippen molar-refractivity contribution >= 4 is 11.6 Å². The van der Waals surface area contributed by atoms with Crippen LogP contribution in [0.5, 0.6) is 17.2 Å². The molecular weight excluding hydrogens is 448 g/mol. The number of hydrogen-bond acceptors (Lipinski definition) is 5. The Kier molecular flexibility index (Phi) is 8.33. The molecule has 0 unspecified atom stereocenters. The van der Waals surface area contributed by atoms with Crippen molar-refractivity contribution in [1.29, 1.82) is 0 Å². The molecule has 6 heteroatoms. The lowest BCUT2D eigenvalue weighted by Crippen LogP contribution is -2.54. The molecule has 1 aliphatic rings. The number of halogens is 1. The molecule has 4 rings (SSSR count). The van der Waals surface area contributed by atoms with Gasteiger partial charge in [0.25, 0.3) is 0 Å². The minimum absolute atomic E-state index is 0.163. The van der Waals surface area contributed by atoms with Crippen LogP contribution in [0, 0.1) is 0 Å². The first-order chi connectivity index (χ1) is 16.6. The molecule has 0 aromatic heterocycles. The second-order valence-electron chi connectivity index (χ2n) is 8.56. The van der Waals surface area contributed by atoms with E-state index in [0.717, 1.165) is 66.9 Å². The van der Waals surface area contributed by atoms with Gasteiger partial charge in [-0.25, -0.2) is 0 Å². The Bertz CT molecular complexity index is 1030. The molecule has 0 N–H and O–H groups in total. The monoisotopic (exact) mass is 480 g/mol. The Morgan fingerprint density at radius 3 is 1.74 bits per heavy atom. The van der Waals surface area contributed by atoms with Crippen LogP contribution in [-0.4, -0.2) is 50.4 Å². The van der Waals surface area contributed by atoms with Gasteiger partial charge in [-0.2, -0.15) is 0 Å². The van der Waals surface area contributed by atoms with E-state index in [2.05, 4.69) is 34.1 Å². The van der Waals surface area contributed by atoms with Gasteiger partial charge in [0, 0.05) is 48.7 Å². The summed E-state index contributed by atoms with van der Waals surface area (Å²) in [5.74, 6) is 2.70. The van der Waals surface area contributed by atoms with Gasteiger partial charge in [0.1, 0.15) is 17.2 Å². The average molecular weight is 481 g/mol. The zero-order valence-electron chi connectivity index (χ0n) is 20.2. The summed E-state index contributed by atoms with van der Waals surface area (Å²) in [6.07, 6.45) is 2.05. The number of para-hydroxylation sites is 2. The zero-order chi connectivity index (χ0) is 23.9. The Morgan fingerprint density at radius 1 is 0.706 bits per heavy atom. The number of benzene rings is 3. The van der Waals surface area contributed by atoms with Crippen molar-refractivity contribution in [3.8, 4) is 17.2 Å². The summed E-state index contributed by atoms with van der Waals surface area (Å²) in [5, 5.41) is 0.721. The summed E-state index contributed by atoms with van der Waals surface area (Å²) in [6.45, 7) is 3.63. The Morgan fingerprint density at radius 2 is 1.21 bits per heavy atom. The maximum absolute atomic E-state index is 6.39. The van der Waals surface area contributed by atoms with Gasteiger partial charge >= 0.3 is 0 Å². The highest BCUT2D eigenvalue weighted by Gasteiger charge is 2.31. The van der Waals surface area contributed by atoms with Crippen molar-refractivity contribution in [2.24, 2.45) is 0 Å². The summed E-state index contributed by atoms with van der Waals surface area (Å²) in [6, 6.07) is 22.4. The zero-order valence-corrected chi connectivity index (χ0v) is 20.9. The molecule has 0 saturated carbocycles. The van der Waals surface area contributed by atoms with Crippen molar-refractivity contribution in [2.45, 2.75) is 32.1 Å². The number of hydrogen-bond donors (Lipinski definition) is 0. The van der Waals surface area contributed by atoms with Gasteiger partial charge in [0.05, 0.1) is 27.5 Å². The van der Waals surface area contributed by atoms with Crippen molar-refractivity contribution in [2.75, 3.05) is 34.4 Å². The van der Waals surface area contributed by atoms with Crippen LogP contribution in [0.1, 0.15) is 23.1 Å². The molecule has 1 aliphatic heterocycles. The second-order valence-corrected chi connectivity index (χ2v) is 9.00. The lowest BCUT2D eigenvalue weighted by atomic mass is 10.0. The SMILES string of the molecule is COc1ccc(Cl)cc1CC1N(Cc2ccccc2OC)CCCN1Cc1ccccc1OC. The van der Waals surface area contributed by atoms with Gasteiger partial charge in [0.2, 0.25) is 0 Å². The molecule has 0 spiro atoms. The molecule has 5 nitrogen and oxygen atoms in total. The molecule has 34 heavy (non-hydrogen) atoms. The van der Waals surface area contributed by atoms with Crippen molar-refractivity contribution in [3.05, 3.63) is 88.4 Å². The first-order valence-corrected chi connectivity index (χ1v) is 12.0. The second kappa shape index (κ2) is 11.6. The first kappa shape index (κ1) is 24.4.